The van der Waals surface area contributed by atoms with E-state index in [0.29, 0.717) is 31.6 Å². The highest BCUT2D eigenvalue weighted by molar-refractivity contribution is 7.89. The molecule has 20 heavy (non-hydrogen) atoms. The van der Waals surface area contributed by atoms with E-state index in [-0.39, 0.29) is 5.03 Å². The number of nitrogens with one attached hydrogen (secondary N) is 2. The molecule has 1 heterocycles. The van der Waals surface area contributed by atoms with Crippen LogP contribution in [0.5, 0.6) is 0 Å². The summed E-state index contributed by atoms with van der Waals surface area (Å²) in [7, 11) is -3.45. The maximum atomic E-state index is 12.7. The molecule has 6 nitrogen and oxygen atoms in total. The lowest BCUT2D eigenvalue weighted by atomic mass is 10.3. The first-order valence-corrected chi connectivity index (χ1v) is 8.81. The molecule has 0 aliphatic heterocycles. The lowest BCUT2D eigenvalue weighted by molar-refractivity contribution is 0.409. The number of nitrogens with zero attached hydrogens (tertiary/aromatic N) is 2. The van der Waals surface area contributed by atoms with E-state index in [2.05, 4.69) is 15.5 Å². The predicted molar refractivity (Wildman–Crippen MR) is 75.6 cm³/mol. The van der Waals surface area contributed by atoms with Crippen molar-refractivity contribution in [1.29, 1.82) is 0 Å². The molecule has 0 aromatic carbocycles. The largest absolute Gasteiger partial charge is 0.310 e. The Kier molecular flexibility index (Phi) is 3.83. The van der Waals surface area contributed by atoms with E-state index in [1.807, 2.05) is 6.92 Å². The average Bonchev–Trinajstić information content (AvgIpc) is 3.34. The van der Waals surface area contributed by atoms with E-state index in [1.54, 1.807) is 10.5 Å². The van der Waals surface area contributed by atoms with Gasteiger partial charge in [0.2, 0.25) is 0 Å². The molecule has 2 aliphatic carbocycles. The second kappa shape index (κ2) is 5.46. The van der Waals surface area contributed by atoms with Crippen LogP contribution >= 0.6 is 0 Å². The number of aromatic nitrogens is 2. The zero-order chi connectivity index (χ0) is 14.2. The van der Waals surface area contributed by atoms with Crippen LogP contribution in [0.3, 0.4) is 0 Å². The SMILES string of the molecule is CCN(CC1CC1)S(=O)(=O)c1[nH]ncc1CNC1CC1. The van der Waals surface area contributed by atoms with Crippen molar-refractivity contribution in [3.63, 3.8) is 0 Å². The molecule has 3 rings (SSSR count). The van der Waals surface area contributed by atoms with Crippen molar-refractivity contribution in [1.82, 2.24) is 19.8 Å². The van der Waals surface area contributed by atoms with Gasteiger partial charge in [-0.25, -0.2) is 8.42 Å². The first-order chi connectivity index (χ1) is 9.61. The standard InChI is InChI=1S/C13H22N4O2S/c1-2-17(9-10-3-4-10)20(18,19)13-11(8-15-16-13)7-14-12-5-6-12/h8,10,12,14H,2-7,9H2,1H3,(H,15,16). The van der Waals surface area contributed by atoms with Crippen molar-refractivity contribution >= 4 is 10.0 Å². The molecule has 112 valence electrons. The lowest BCUT2D eigenvalue weighted by Crippen LogP contribution is -2.34. The van der Waals surface area contributed by atoms with Gasteiger partial charge < -0.3 is 5.32 Å². The molecule has 7 heteroatoms. The monoisotopic (exact) mass is 298 g/mol. The molecule has 2 aliphatic rings. The second-order valence-electron chi connectivity index (χ2n) is 5.78. The van der Waals surface area contributed by atoms with Gasteiger partial charge in [0.25, 0.3) is 10.0 Å². The van der Waals surface area contributed by atoms with Gasteiger partial charge in [-0.2, -0.15) is 9.40 Å². The van der Waals surface area contributed by atoms with E-state index in [4.69, 9.17) is 0 Å². The van der Waals surface area contributed by atoms with Gasteiger partial charge in [-0.05, 0) is 31.6 Å². The molecular weight excluding hydrogens is 276 g/mol. The minimum absolute atomic E-state index is 0.258. The molecular formula is C13H22N4O2S. The van der Waals surface area contributed by atoms with E-state index >= 15 is 0 Å². The topological polar surface area (TPSA) is 78.1 Å². The number of rotatable bonds is 8. The Morgan fingerprint density at radius 2 is 2.15 bits per heavy atom. The molecule has 2 fully saturated rings. The fourth-order valence-electron chi connectivity index (χ4n) is 2.30. The average molecular weight is 298 g/mol. The van der Waals surface area contributed by atoms with Crippen LogP contribution in [-0.4, -0.2) is 42.1 Å². The third-order valence-electron chi connectivity index (χ3n) is 3.95. The van der Waals surface area contributed by atoms with Crippen LogP contribution in [0.15, 0.2) is 11.2 Å². The van der Waals surface area contributed by atoms with Gasteiger partial charge in [0.05, 0.1) is 6.20 Å². The third kappa shape index (κ3) is 3.05. The van der Waals surface area contributed by atoms with Crippen molar-refractivity contribution in [2.45, 2.75) is 50.2 Å². The van der Waals surface area contributed by atoms with E-state index in [9.17, 15) is 8.42 Å². The summed E-state index contributed by atoms with van der Waals surface area (Å²) in [6.45, 7) is 3.59. The number of hydrogen-bond acceptors (Lipinski definition) is 4. The minimum atomic E-state index is -3.45. The summed E-state index contributed by atoms with van der Waals surface area (Å²) < 4.78 is 27.0. The van der Waals surface area contributed by atoms with Crippen LogP contribution in [0, 0.1) is 5.92 Å². The highest BCUT2D eigenvalue weighted by atomic mass is 32.2. The molecule has 0 amide bonds. The quantitative estimate of drug-likeness (QED) is 0.753. The summed E-state index contributed by atoms with van der Waals surface area (Å²) in [5.74, 6) is 0.542. The second-order valence-corrected chi connectivity index (χ2v) is 7.65. The van der Waals surface area contributed by atoms with Gasteiger partial charge in [-0.15, -0.1) is 0 Å². The zero-order valence-corrected chi connectivity index (χ0v) is 12.6. The Bertz CT molecular complexity index is 561. The highest BCUT2D eigenvalue weighted by Crippen LogP contribution is 2.31. The molecule has 2 saturated carbocycles. The Morgan fingerprint density at radius 1 is 1.40 bits per heavy atom. The van der Waals surface area contributed by atoms with Crippen LogP contribution < -0.4 is 5.32 Å². The highest BCUT2D eigenvalue weighted by Gasteiger charge is 2.33. The fourth-order valence-corrected chi connectivity index (χ4v) is 3.93. The summed E-state index contributed by atoms with van der Waals surface area (Å²) in [5.41, 5.74) is 0.742. The van der Waals surface area contributed by atoms with Crippen LogP contribution in [0.25, 0.3) is 0 Å². The Morgan fingerprint density at radius 3 is 2.75 bits per heavy atom. The van der Waals surface area contributed by atoms with E-state index < -0.39 is 10.0 Å². The fraction of sp³-hybridized carbons (Fsp3) is 0.769. The summed E-state index contributed by atoms with van der Waals surface area (Å²) >= 11 is 0. The van der Waals surface area contributed by atoms with Crippen molar-refractivity contribution in [2.75, 3.05) is 13.1 Å². The molecule has 0 bridgehead atoms. The van der Waals surface area contributed by atoms with E-state index in [0.717, 1.165) is 18.4 Å². The van der Waals surface area contributed by atoms with Crippen LogP contribution in [0.4, 0.5) is 0 Å². The molecule has 0 radical (unpaired) electrons. The number of hydrogen-bond donors (Lipinski definition) is 2. The molecule has 0 spiro atoms. The smallest absolute Gasteiger partial charge is 0.260 e. The molecule has 0 saturated heterocycles. The van der Waals surface area contributed by atoms with Crippen LogP contribution in [-0.2, 0) is 16.6 Å². The van der Waals surface area contributed by atoms with Crippen molar-refractivity contribution in [2.24, 2.45) is 5.92 Å². The summed E-state index contributed by atoms with van der Waals surface area (Å²) in [6, 6.07) is 0.550. The van der Waals surface area contributed by atoms with Gasteiger partial charge in [-0.1, -0.05) is 6.92 Å². The summed E-state index contributed by atoms with van der Waals surface area (Å²) in [4.78, 5) is 0. The Hall–Kier alpha value is -0.920. The molecule has 0 unspecified atom stereocenters. The summed E-state index contributed by atoms with van der Waals surface area (Å²) in [5, 5.41) is 10.2. The van der Waals surface area contributed by atoms with Gasteiger partial charge in [-0.3, -0.25) is 5.10 Å². The van der Waals surface area contributed by atoms with Gasteiger partial charge in [0.1, 0.15) is 0 Å². The predicted octanol–water partition coefficient (Wildman–Crippen LogP) is 1.08. The number of aromatic amines is 1. The van der Waals surface area contributed by atoms with Crippen LogP contribution in [0.1, 0.15) is 38.2 Å². The van der Waals surface area contributed by atoms with Crippen LogP contribution in [0.2, 0.25) is 0 Å². The first-order valence-electron chi connectivity index (χ1n) is 7.37. The number of H-pyrrole nitrogens is 1. The Labute approximate surface area is 120 Å². The van der Waals surface area contributed by atoms with Crippen molar-refractivity contribution in [3.8, 4) is 0 Å². The molecule has 2 N–H and O–H groups in total. The zero-order valence-electron chi connectivity index (χ0n) is 11.8. The normalized spacial score (nSPS) is 19.7. The molecule has 1 aromatic rings. The number of sulfonamides is 1. The van der Waals surface area contributed by atoms with Crippen molar-refractivity contribution < 1.29 is 8.42 Å². The third-order valence-corrected chi connectivity index (χ3v) is 5.90. The summed E-state index contributed by atoms with van der Waals surface area (Å²) in [6.07, 6.45) is 6.27. The van der Waals surface area contributed by atoms with Crippen molar-refractivity contribution in [3.05, 3.63) is 11.8 Å². The molecule has 1 aromatic heterocycles. The van der Waals surface area contributed by atoms with Gasteiger partial charge >= 0.3 is 0 Å². The maximum Gasteiger partial charge on any atom is 0.260 e. The minimum Gasteiger partial charge on any atom is -0.310 e. The first kappa shape index (κ1) is 14.0. The van der Waals surface area contributed by atoms with Gasteiger partial charge in [0.15, 0.2) is 5.03 Å². The van der Waals surface area contributed by atoms with Gasteiger partial charge in [0, 0.05) is 31.2 Å². The lowest BCUT2D eigenvalue weighted by Gasteiger charge is -2.20. The Balaban J connectivity index is 1.75. The molecule has 0 atom stereocenters. The maximum absolute atomic E-state index is 12.7. The van der Waals surface area contributed by atoms with E-state index in [1.165, 1.54) is 12.8 Å².